The highest BCUT2D eigenvalue weighted by Gasteiger charge is 2.08. The summed E-state index contributed by atoms with van der Waals surface area (Å²) in [6.07, 6.45) is 0. The van der Waals surface area contributed by atoms with Crippen LogP contribution in [0.5, 0.6) is 11.6 Å². The van der Waals surface area contributed by atoms with Gasteiger partial charge in [0.25, 0.3) is 0 Å². The molecule has 1 N–H and O–H groups in total. The second-order valence-corrected chi connectivity index (χ2v) is 5.32. The van der Waals surface area contributed by atoms with Crippen LogP contribution in [0.1, 0.15) is 18.2 Å². The highest BCUT2D eigenvalue weighted by Crippen LogP contribution is 2.29. The van der Waals surface area contributed by atoms with Gasteiger partial charge >= 0.3 is 0 Å². The Morgan fingerprint density at radius 1 is 1.19 bits per heavy atom. The molecule has 5 heteroatoms. The highest BCUT2D eigenvalue weighted by atomic mass is 79.9. The fourth-order valence-corrected chi connectivity index (χ4v) is 2.43. The maximum Gasteiger partial charge on any atom is 0.213 e. The van der Waals surface area contributed by atoms with E-state index in [1.54, 1.807) is 7.11 Å². The number of hydrogen-bond donors (Lipinski definition) is 1. The molecule has 0 saturated heterocycles. The molecule has 0 aliphatic heterocycles. The molecule has 0 spiro atoms. The molecule has 4 nitrogen and oxygen atoms in total. The SMILES string of the molecule is CCNCc1cccc(Br)c1OCc1cccc(OC)n1. The number of methoxy groups -OCH3 is 1. The second-order valence-electron chi connectivity index (χ2n) is 4.47. The molecule has 1 aromatic heterocycles. The number of nitrogens with zero attached hydrogens (tertiary/aromatic N) is 1. The maximum atomic E-state index is 5.95. The number of ether oxygens (including phenoxy) is 2. The van der Waals surface area contributed by atoms with E-state index in [4.69, 9.17) is 9.47 Å². The van der Waals surface area contributed by atoms with Gasteiger partial charge in [-0.2, -0.15) is 0 Å². The summed E-state index contributed by atoms with van der Waals surface area (Å²) in [4.78, 5) is 4.35. The van der Waals surface area contributed by atoms with Gasteiger partial charge in [0, 0.05) is 18.2 Å². The summed E-state index contributed by atoms with van der Waals surface area (Å²) in [6, 6.07) is 11.7. The van der Waals surface area contributed by atoms with Gasteiger partial charge in [0.05, 0.1) is 17.3 Å². The molecular formula is C16H19BrN2O2. The van der Waals surface area contributed by atoms with Gasteiger partial charge < -0.3 is 14.8 Å². The highest BCUT2D eigenvalue weighted by molar-refractivity contribution is 9.10. The van der Waals surface area contributed by atoms with E-state index < -0.39 is 0 Å². The van der Waals surface area contributed by atoms with Crippen molar-refractivity contribution in [3.05, 3.63) is 52.1 Å². The van der Waals surface area contributed by atoms with E-state index >= 15 is 0 Å². The van der Waals surface area contributed by atoms with Crippen LogP contribution in [-0.4, -0.2) is 18.6 Å². The Bertz CT molecular complexity index is 590. The minimum Gasteiger partial charge on any atom is -0.486 e. The number of para-hydroxylation sites is 1. The third kappa shape index (κ3) is 4.44. The van der Waals surface area contributed by atoms with Crippen LogP contribution in [0.15, 0.2) is 40.9 Å². The molecule has 0 aliphatic rings. The Balaban J connectivity index is 2.11. The Morgan fingerprint density at radius 2 is 2.00 bits per heavy atom. The Labute approximate surface area is 133 Å². The van der Waals surface area contributed by atoms with E-state index in [2.05, 4.69) is 39.2 Å². The fourth-order valence-electron chi connectivity index (χ4n) is 1.91. The summed E-state index contributed by atoms with van der Waals surface area (Å²) >= 11 is 3.54. The molecular weight excluding hydrogens is 332 g/mol. The summed E-state index contributed by atoms with van der Waals surface area (Å²) in [5.41, 5.74) is 1.95. The van der Waals surface area contributed by atoms with Gasteiger partial charge in [0.15, 0.2) is 0 Å². The van der Waals surface area contributed by atoms with Crippen LogP contribution in [0.4, 0.5) is 0 Å². The fraction of sp³-hybridized carbons (Fsp3) is 0.312. The molecule has 0 fully saturated rings. The van der Waals surface area contributed by atoms with Crippen molar-refractivity contribution in [2.75, 3.05) is 13.7 Å². The van der Waals surface area contributed by atoms with E-state index in [0.717, 1.165) is 34.6 Å². The van der Waals surface area contributed by atoms with Crippen molar-refractivity contribution in [1.29, 1.82) is 0 Å². The normalized spacial score (nSPS) is 10.4. The third-order valence-corrected chi connectivity index (χ3v) is 3.59. The zero-order valence-electron chi connectivity index (χ0n) is 12.2. The van der Waals surface area contributed by atoms with E-state index in [9.17, 15) is 0 Å². The van der Waals surface area contributed by atoms with Crippen molar-refractivity contribution >= 4 is 15.9 Å². The molecule has 0 unspecified atom stereocenters. The molecule has 0 bridgehead atoms. The van der Waals surface area contributed by atoms with Gasteiger partial charge in [0.2, 0.25) is 5.88 Å². The van der Waals surface area contributed by atoms with Crippen molar-refractivity contribution < 1.29 is 9.47 Å². The minimum absolute atomic E-state index is 0.402. The monoisotopic (exact) mass is 350 g/mol. The van der Waals surface area contributed by atoms with Crippen molar-refractivity contribution in [2.45, 2.75) is 20.1 Å². The summed E-state index contributed by atoms with van der Waals surface area (Å²) in [5.74, 6) is 1.44. The number of pyridine rings is 1. The Morgan fingerprint density at radius 3 is 2.76 bits per heavy atom. The lowest BCUT2D eigenvalue weighted by Gasteiger charge is -2.13. The molecule has 0 aliphatic carbocycles. The Hall–Kier alpha value is -1.59. The largest absolute Gasteiger partial charge is 0.486 e. The van der Waals surface area contributed by atoms with Gasteiger partial charge in [-0.3, -0.25) is 0 Å². The number of nitrogens with one attached hydrogen (secondary N) is 1. The van der Waals surface area contributed by atoms with Crippen LogP contribution in [0.25, 0.3) is 0 Å². The first-order valence-electron chi connectivity index (χ1n) is 6.85. The predicted octanol–water partition coefficient (Wildman–Crippen LogP) is 3.54. The molecule has 1 aromatic carbocycles. The minimum atomic E-state index is 0.402. The van der Waals surface area contributed by atoms with Crippen LogP contribution in [0.2, 0.25) is 0 Å². The molecule has 2 rings (SSSR count). The second kappa shape index (κ2) is 8.00. The zero-order chi connectivity index (χ0) is 15.1. The Kier molecular flexibility index (Phi) is 6.02. The summed E-state index contributed by atoms with van der Waals surface area (Å²) < 4.78 is 12.0. The van der Waals surface area contributed by atoms with Gasteiger partial charge in [-0.05, 0) is 34.6 Å². The number of aromatic nitrogens is 1. The summed E-state index contributed by atoms with van der Waals surface area (Å²) in [5, 5.41) is 3.31. The molecule has 0 atom stereocenters. The zero-order valence-corrected chi connectivity index (χ0v) is 13.8. The molecule has 21 heavy (non-hydrogen) atoms. The topological polar surface area (TPSA) is 43.4 Å². The molecule has 0 saturated carbocycles. The third-order valence-electron chi connectivity index (χ3n) is 2.97. The maximum absolute atomic E-state index is 5.95. The number of halogens is 1. The van der Waals surface area contributed by atoms with Crippen molar-refractivity contribution in [3.8, 4) is 11.6 Å². The molecule has 1 heterocycles. The van der Waals surface area contributed by atoms with Crippen LogP contribution < -0.4 is 14.8 Å². The van der Waals surface area contributed by atoms with Crippen molar-refractivity contribution in [1.82, 2.24) is 10.3 Å². The lowest BCUT2D eigenvalue weighted by Crippen LogP contribution is -2.13. The quantitative estimate of drug-likeness (QED) is 0.829. The van der Waals surface area contributed by atoms with E-state index in [-0.39, 0.29) is 0 Å². The van der Waals surface area contributed by atoms with Gasteiger partial charge in [-0.1, -0.05) is 25.1 Å². The van der Waals surface area contributed by atoms with Gasteiger partial charge in [0.1, 0.15) is 12.4 Å². The first kappa shape index (κ1) is 15.8. The van der Waals surface area contributed by atoms with E-state index in [0.29, 0.717) is 12.5 Å². The molecule has 0 radical (unpaired) electrons. The summed E-state index contributed by atoms with van der Waals surface area (Å²) in [7, 11) is 1.61. The van der Waals surface area contributed by atoms with Gasteiger partial charge in [-0.15, -0.1) is 0 Å². The average molecular weight is 351 g/mol. The molecule has 2 aromatic rings. The van der Waals surface area contributed by atoms with Crippen LogP contribution in [-0.2, 0) is 13.2 Å². The number of benzene rings is 1. The van der Waals surface area contributed by atoms with E-state index in [1.165, 1.54) is 0 Å². The predicted molar refractivity (Wildman–Crippen MR) is 86.6 cm³/mol. The first-order chi connectivity index (χ1) is 10.2. The standard InChI is InChI=1S/C16H19BrN2O2/c1-3-18-10-12-6-4-8-14(17)16(12)21-11-13-7-5-9-15(19-13)20-2/h4-9,18H,3,10-11H2,1-2H3. The lowest BCUT2D eigenvalue weighted by atomic mass is 10.2. The van der Waals surface area contributed by atoms with Crippen molar-refractivity contribution in [3.63, 3.8) is 0 Å². The number of rotatable bonds is 7. The van der Waals surface area contributed by atoms with Gasteiger partial charge in [-0.25, -0.2) is 4.98 Å². The number of hydrogen-bond acceptors (Lipinski definition) is 4. The smallest absolute Gasteiger partial charge is 0.213 e. The van der Waals surface area contributed by atoms with Crippen LogP contribution in [0.3, 0.4) is 0 Å². The lowest BCUT2D eigenvalue weighted by molar-refractivity contribution is 0.292. The van der Waals surface area contributed by atoms with Crippen LogP contribution >= 0.6 is 15.9 Å². The summed E-state index contributed by atoms with van der Waals surface area (Å²) in [6.45, 7) is 4.18. The van der Waals surface area contributed by atoms with Crippen molar-refractivity contribution in [2.24, 2.45) is 0 Å². The molecule has 0 amide bonds. The van der Waals surface area contributed by atoms with Crippen LogP contribution in [0, 0.1) is 0 Å². The molecule has 112 valence electrons. The van der Waals surface area contributed by atoms with E-state index in [1.807, 2.05) is 30.3 Å². The first-order valence-corrected chi connectivity index (χ1v) is 7.64. The average Bonchev–Trinajstić information content (AvgIpc) is 2.52.